The molecule has 0 radical (unpaired) electrons. The number of carbonyl (C=O) groups is 3. The first-order chi connectivity index (χ1) is 17.3. The predicted molar refractivity (Wildman–Crippen MR) is 143 cm³/mol. The second-order valence-corrected chi connectivity index (χ2v) is 9.61. The fourth-order valence-corrected chi connectivity index (χ4v) is 4.29. The summed E-state index contributed by atoms with van der Waals surface area (Å²) in [6.07, 6.45) is 2.56. The molecule has 2 aromatic rings. The van der Waals surface area contributed by atoms with Crippen LogP contribution in [0.25, 0.3) is 0 Å². The summed E-state index contributed by atoms with van der Waals surface area (Å²) in [4.78, 5) is 41.3. The molecule has 36 heavy (non-hydrogen) atoms. The van der Waals surface area contributed by atoms with Crippen molar-refractivity contribution in [3.05, 3.63) is 71.8 Å². The van der Waals surface area contributed by atoms with Crippen molar-refractivity contribution < 1.29 is 19.1 Å². The lowest BCUT2D eigenvalue weighted by Gasteiger charge is -2.33. The highest BCUT2D eigenvalue weighted by Crippen LogP contribution is 2.26. The Bertz CT molecular complexity index is 930. The van der Waals surface area contributed by atoms with Crippen molar-refractivity contribution in [1.29, 1.82) is 0 Å². The lowest BCUT2D eigenvalue weighted by molar-refractivity contribution is -0.145. The number of benzene rings is 2. The minimum Gasteiger partial charge on any atom is -0.466 e. The number of esters is 1. The van der Waals surface area contributed by atoms with E-state index in [9.17, 15) is 14.4 Å². The molecule has 0 saturated carbocycles. The van der Waals surface area contributed by atoms with Crippen molar-refractivity contribution in [3.63, 3.8) is 0 Å². The van der Waals surface area contributed by atoms with Gasteiger partial charge < -0.3 is 15.0 Å². The number of nitrogens with zero attached hydrogens (tertiary/aromatic N) is 1. The summed E-state index contributed by atoms with van der Waals surface area (Å²) in [6, 6.07) is 18.8. The average Bonchev–Trinajstić information content (AvgIpc) is 2.87. The van der Waals surface area contributed by atoms with E-state index >= 15 is 0 Å². The Morgan fingerprint density at radius 2 is 1.56 bits per heavy atom. The van der Waals surface area contributed by atoms with Crippen molar-refractivity contribution >= 4 is 17.8 Å². The van der Waals surface area contributed by atoms with E-state index in [1.807, 2.05) is 60.7 Å². The van der Waals surface area contributed by atoms with E-state index in [1.165, 1.54) is 0 Å². The summed E-state index contributed by atoms with van der Waals surface area (Å²) in [5.41, 5.74) is 1.93. The molecule has 0 spiro atoms. The molecule has 2 amide bonds. The zero-order chi connectivity index (χ0) is 26.3. The zero-order valence-corrected chi connectivity index (χ0v) is 22.2. The average molecular weight is 495 g/mol. The normalized spacial score (nSPS) is 12.6. The highest BCUT2D eigenvalue weighted by molar-refractivity contribution is 5.88. The summed E-state index contributed by atoms with van der Waals surface area (Å²) in [5.74, 6) is -0.646. The third-order valence-corrected chi connectivity index (χ3v) is 6.17. The first-order valence-electron chi connectivity index (χ1n) is 13.2. The van der Waals surface area contributed by atoms with E-state index in [1.54, 1.807) is 11.8 Å². The summed E-state index contributed by atoms with van der Waals surface area (Å²) in [7, 11) is 0. The lowest BCUT2D eigenvalue weighted by atomic mass is 9.91. The predicted octanol–water partition coefficient (Wildman–Crippen LogP) is 5.47. The molecule has 0 bridgehead atoms. The van der Waals surface area contributed by atoms with Crippen molar-refractivity contribution in [3.8, 4) is 0 Å². The fraction of sp³-hybridized carbons (Fsp3) is 0.500. The number of hydrogen-bond donors (Lipinski definition) is 1. The molecule has 2 atom stereocenters. The molecule has 2 aromatic carbocycles. The van der Waals surface area contributed by atoms with Crippen LogP contribution < -0.4 is 5.32 Å². The minimum atomic E-state index is -0.563. The standard InChI is InChI=1S/C30H42N2O4/c1-5-7-18-32(27(19-23(3)4)30(35)31-22-24-14-10-8-11-15-24)28(33)20-26(21-29(34)36-6-2)25-16-12-9-13-17-25/h8-17,23,26-27H,5-7,18-22H2,1-4H3,(H,31,35)/t26-,27-/m0/s1. The van der Waals surface area contributed by atoms with Gasteiger partial charge in [0.1, 0.15) is 6.04 Å². The molecule has 0 aliphatic carbocycles. The fourth-order valence-electron chi connectivity index (χ4n) is 4.29. The zero-order valence-electron chi connectivity index (χ0n) is 22.2. The van der Waals surface area contributed by atoms with Crippen LogP contribution in [0.2, 0.25) is 0 Å². The van der Waals surface area contributed by atoms with Gasteiger partial charge in [-0.05, 0) is 36.8 Å². The molecule has 1 N–H and O–H groups in total. The molecule has 196 valence electrons. The second-order valence-electron chi connectivity index (χ2n) is 9.61. The largest absolute Gasteiger partial charge is 0.466 e. The Morgan fingerprint density at radius 1 is 0.917 bits per heavy atom. The van der Waals surface area contributed by atoms with E-state index < -0.39 is 6.04 Å². The van der Waals surface area contributed by atoms with Gasteiger partial charge >= 0.3 is 5.97 Å². The van der Waals surface area contributed by atoms with Gasteiger partial charge in [-0.3, -0.25) is 14.4 Å². The molecule has 0 aliphatic rings. The first-order valence-corrected chi connectivity index (χ1v) is 13.2. The van der Waals surface area contributed by atoms with Crippen molar-refractivity contribution in [1.82, 2.24) is 10.2 Å². The molecule has 0 saturated heterocycles. The maximum atomic E-state index is 13.8. The molecular formula is C30H42N2O4. The van der Waals surface area contributed by atoms with E-state index in [0.717, 1.165) is 24.0 Å². The van der Waals surface area contributed by atoms with Crippen molar-refractivity contribution in [2.45, 2.75) is 78.3 Å². The lowest BCUT2D eigenvalue weighted by Crippen LogP contribution is -2.50. The number of unbranched alkanes of at least 4 members (excludes halogenated alkanes) is 1. The van der Waals surface area contributed by atoms with Gasteiger partial charge in [0.05, 0.1) is 13.0 Å². The van der Waals surface area contributed by atoms with E-state index in [4.69, 9.17) is 4.74 Å². The highest BCUT2D eigenvalue weighted by atomic mass is 16.5. The molecule has 0 heterocycles. The van der Waals surface area contributed by atoms with E-state index in [2.05, 4.69) is 26.1 Å². The SMILES string of the molecule is CCCCN(C(=O)C[C@@H](CC(=O)OCC)c1ccccc1)[C@@H](CC(C)C)C(=O)NCc1ccccc1. The van der Waals surface area contributed by atoms with Crippen molar-refractivity contribution in [2.24, 2.45) is 5.92 Å². The minimum absolute atomic E-state index is 0.109. The molecule has 0 aromatic heterocycles. The van der Waals surface area contributed by atoms with Gasteiger partial charge in [-0.2, -0.15) is 0 Å². The van der Waals surface area contributed by atoms with Gasteiger partial charge in [0, 0.05) is 25.4 Å². The van der Waals surface area contributed by atoms with Gasteiger partial charge in [-0.15, -0.1) is 0 Å². The molecule has 2 rings (SSSR count). The number of ether oxygens (including phenoxy) is 1. The quantitative estimate of drug-likeness (QED) is 0.333. The Morgan fingerprint density at radius 3 is 2.14 bits per heavy atom. The molecule has 6 heteroatoms. The smallest absolute Gasteiger partial charge is 0.306 e. The third kappa shape index (κ3) is 9.84. The van der Waals surface area contributed by atoms with Crippen LogP contribution in [0.5, 0.6) is 0 Å². The summed E-state index contributed by atoms with van der Waals surface area (Å²) in [6.45, 7) is 9.20. The molecule has 0 fully saturated rings. The number of carbonyl (C=O) groups excluding carboxylic acids is 3. The van der Waals surface area contributed by atoms with Gasteiger partial charge in [0.2, 0.25) is 11.8 Å². The van der Waals surface area contributed by atoms with Crippen LogP contribution in [0.1, 0.15) is 76.8 Å². The Hall–Kier alpha value is -3.15. The second kappa shape index (κ2) is 15.8. The van der Waals surface area contributed by atoms with Gasteiger partial charge in [0.15, 0.2) is 0 Å². The topological polar surface area (TPSA) is 75.7 Å². The van der Waals surface area contributed by atoms with Gasteiger partial charge in [-0.25, -0.2) is 0 Å². The van der Waals surface area contributed by atoms with Crippen LogP contribution in [0.15, 0.2) is 60.7 Å². The van der Waals surface area contributed by atoms with Crippen LogP contribution >= 0.6 is 0 Å². The number of nitrogens with one attached hydrogen (secondary N) is 1. The number of amides is 2. The van der Waals surface area contributed by atoms with Gasteiger partial charge in [0.25, 0.3) is 0 Å². The summed E-state index contributed by atoms with van der Waals surface area (Å²) in [5, 5.41) is 3.04. The molecule has 6 nitrogen and oxygen atoms in total. The first kappa shape index (κ1) is 29.1. The Labute approximate surface area is 216 Å². The summed E-state index contributed by atoms with van der Waals surface area (Å²) >= 11 is 0. The van der Waals surface area contributed by atoms with E-state index in [0.29, 0.717) is 26.1 Å². The maximum Gasteiger partial charge on any atom is 0.306 e. The van der Waals surface area contributed by atoms with E-state index in [-0.39, 0.29) is 42.5 Å². The monoisotopic (exact) mass is 494 g/mol. The number of hydrogen-bond acceptors (Lipinski definition) is 4. The number of rotatable bonds is 15. The maximum absolute atomic E-state index is 13.8. The Kier molecular flexibility index (Phi) is 12.7. The van der Waals surface area contributed by atoms with Crippen LogP contribution in [-0.2, 0) is 25.7 Å². The van der Waals surface area contributed by atoms with Crippen LogP contribution in [-0.4, -0.2) is 41.9 Å². The molecular weight excluding hydrogens is 452 g/mol. The Balaban J connectivity index is 2.26. The van der Waals surface area contributed by atoms with Crippen molar-refractivity contribution in [2.75, 3.05) is 13.2 Å². The van der Waals surface area contributed by atoms with Crippen LogP contribution in [0.3, 0.4) is 0 Å². The van der Waals surface area contributed by atoms with Gasteiger partial charge in [-0.1, -0.05) is 87.9 Å². The summed E-state index contributed by atoms with van der Waals surface area (Å²) < 4.78 is 5.19. The third-order valence-electron chi connectivity index (χ3n) is 6.17. The molecule has 0 unspecified atom stereocenters. The van der Waals surface area contributed by atoms with Crippen LogP contribution in [0.4, 0.5) is 0 Å². The molecule has 0 aliphatic heterocycles. The highest BCUT2D eigenvalue weighted by Gasteiger charge is 2.32. The van der Waals surface area contributed by atoms with Crippen LogP contribution in [0, 0.1) is 5.92 Å².